The van der Waals surface area contributed by atoms with E-state index in [0.29, 0.717) is 30.9 Å². The minimum Gasteiger partial charge on any atom is -0.368 e. The second kappa shape index (κ2) is 8.37. The first-order chi connectivity index (χ1) is 11.9. The minimum atomic E-state index is -0.385. The van der Waals surface area contributed by atoms with Crippen molar-refractivity contribution in [1.29, 1.82) is 0 Å². The van der Waals surface area contributed by atoms with Crippen LogP contribution in [0.5, 0.6) is 0 Å². The van der Waals surface area contributed by atoms with Crippen molar-refractivity contribution in [3.05, 3.63) is 29.8 Å². The first-order valence-electron chi connectivity index (χ1n) is 8.94. The average Bonchev–Trinajstić information content (AvgIpc) is 3.11. The van der Waals surface area contributed by atoms with Gasteiger partial charge in [0.15, 0.2) is 0 Å². The molecule has 0 spiro atoms. The quantitative estimate of drug-likeness (QED) is 0.842. The minimum absolute atomic E-state index is 0. The van der Waals surface area contributed by atoms with Crippen LogP contribution in [-0.2, 0) is 9.53 Å². The molecule has 0 radical (unpaired) electrons. The van der Waals surface area contributed by atoms with Gasteiger partial charge >= 0.3 is 0 Å². The van der Waals surface area contributed by atoms with Crippen LogP contribution < -0.4 is 11.1 Å². The Hall–Kier alpha value is -1.63. The summed E-state index contributed by atoms with van der Waals surface area (Å²) in [5, 5.41) is 2.85. The fourth-order valence-corrected chi connectivity index (χ4v) is 3.47. The molecular weight excluding hydrogens is 354 g/mol. The average molecular weight is 382 g/mol. The second-order valence-electron chi connectivity index (χ2n) is 7.68. The van der Waals surface area contributed by atoms with E-state index in [1.807, 2.05) is 4.90 Å². The Morgan fingerprint density at radius 2 is 2.08 bits per heavy atom. The van der Waals surface area contributed by atoms with Gasteiger partial charge in [0.2, 0.25) is 0 Å². The molecule has 0 saturated carbocycles. The lowest BCUT2D eigenvalue weighted by Crippen LogP contribution is -2.54. The van der Waals surface area contributed by atoms with E-state index in [2.05, 4.69) is 19.2 Å². The Kier molecular flexibility index (Phi) is 6.66. The van der Waals surface area contributed by atoms with Crippen molar-refractivity contribution in [2.24, 2.45) is 11.1 Å². The van der Waals surface area contributed by atoms with Gasteiger partial charge in [-0.2, -0.15) is 0 Å². The van der Waals surface area contributed by atoms with E-state index in [1.165, 1.54) is 0 Å². The van der Waals surface area contributed by atoms with Crippen LogP contribution in [0.2, 0.25) is 0 Å². The predicted octanol–water partition coefficient (Wildman–Crippen LogP) is 2.43. The number of likely N-dealkylation sites (tertiary alicyclic amines) is 1. The standard InChI is InChI=1S/C19H27N3O3.ClH/c1-19(2)12-22(9-8-16(19)20)18(24)13-5-3-6-14(11-13)21-17(23)15-7-4-10-25-15;/h3,5-6,11,15-16H,4,7-10,12,20H2,1-2H3,(H,21,23);1H. The molecule has 144 valence electrons. The van der Waals surface area contributed by atoms with E-state index in [0.717, 1.165) is 19.3 Å². The van der Waals surface area contributed by atoms with Gasteiger partial charge in [0.25, 0.3) is 11.8 Å². The van der Waals surface area contributed by atoms with Crippen LogP contribution in [0, 0.1) is 5.41 Å². The van der Waals surface area contributed by atoms with Gasteiger partial charge in [0.05, 0.1) is 0 Å². The number of anilines is 1. The summed E-state index contributed by atoms with van der Waals surface area (Å²) in [6, 6.07) is 7.20. The molecule has 2 amide bonds. The lowest BCUT2D eigenvalue weighted by atomic mass is 9.79. The van der Waals surface area contributed by atoms with Crippen molar-refractivity contribution in [2.75, 3.05) is 25.0 Å². The summed E-state index contributed by atoms with van der Waals surface area (Å²) >= 11 is 0. The molecule has 1 aromatic carbocycles. The lowest BCUT2D eigenvalue weighted by Gasteiger charge is -2.42. The number of nitrogens with two attached hydrogens (primary N) is 1. The maximum absolute atomic E-state index is 12.8. The Labute approximate surface area is 160 Å². The molecule has 2 aliphatic heterocycles. The van der Waals surface area contributed by atoms with Gasteiger partial charge in [-0.05, 0) is 42.9 Å². The number of rotatable bonds is 3. The van der Waals surface area contributed by atoms with Gasteiger partial charge < -0.3 is 20.7 Å². The number of nitrogens with one attached hydrogen (secondary N) is 1. The molecule has 2 heterocycles. The van der Waals surface area contributed by atoms with Crippen LogP contribution >= 0.6 is 12.4 Å². The fourth-order valence-electron chi connectivity index (χ4n) is 3.47. The van der Waals surface area contributed by atoms with E-state index >= 15 is 0 Å². The van der Waals surface area contributed by atoms with Crippen molar-refractivity contribution in [3.8, 4) is 0 Å². The van der Waals surface area contributed by atoms with E-state index in [9.17, 15) is 9.59 Å². The zero-order chi connectivity index (χ0) is 18.0. The summed E-state index contributed by atoms with van der Waals surface area (Å²) in [6.07, 6.45) is 2.06. The highest BCUT2D eigenvalue weighted by Gasteiger charge is 2.35. The number of piperidine rings is 1. The lowest BCUT2D eigenvalue weighted by molar-refractivity contribution is -0.124. The summed E-state index contributed by atoms with van der Waals surface area (Å²) in [7, 11) is 0. The second-order valence-corrected chi connectivity index (χ2v) is 7.68. The van der Waals surface area contributed by atoms with E-state index in [4.69, 9.17) is 10.5 Å². The number of carbonyl (C=O) groups excluding carboxylic acids is 2. The molecule has 2 saturated heterocycles. The molecular formula is C19H28ClN3O3. The third-order valence-electron chi connectivity index (χ3n) is 5.20. The van der Waals surface area contributed by atoms with Crippen molar-refractivity contribution in [3.63, 3.8) is 0 Å². The summed E-state index contributed by atoms with van der Waals surface area (Å²) in [5.41, 5.74) is 7.26. The Bertz CT molecular complexity index is 659. The van der Waals surface area contributed by atoms with Gasteiger partial charge in [-0.3, -0.25) is 9.59 Å². The third-order valence-corrected chi connectivity index (χ3v) is 5.20. The fraction of sp³-hybridized carbons (Fsp3) is 0.579. The largest absolute Gasteiger partial charge is 0.368 e. The van der Waals surface area contributed by atoms with E-state index < -0.39 is 0 Å². The molecule has 0 aliphatic carbocycles. The molecule has 1 aromatic rings. The van der Waals surface area contributed by atoms with Crippen LogP contribution in [-0.4, -0.2) is 48.6 Å². The van der Waals surface area contributed by atoms with Crippen LogP contribution in [0.25, 0.3) is 0 Å². The molecule has 2 aliphatic rings. The normalized spacial score (nSPS) is 24.7. The highest BCUT2D eigenvalue weighted by atomic mass is 35.5. The summed E-state index contributed by atoms with van der Waals surface area (Å²) in [6.45, 7) is 6.11. The van der Waals surface area contributed by atoms with Crippen molar-refractivity contribution < 1.29 is 14.3 Å². The molecule has 3 N–H and O–H groups in total. The number of nitrogens with zero attached hydrogens (tertiary/aromatic N) is 1. The summed E-state index contributed by atoms with van der Waals surface area (Å²) in [5.74, 6) is -0.166. The highest BCUT2D eigenvalue weighted by Crippen LogP contribution is 2.29. The summed E-state index contributed by atoms with van der Waals surface area (Å²) in [4.78, 5) is 26.9. The van der Waals surface area contributed by atoms with Gasteiger partial charge in [0.1, 0.15) is 6.10 Å². The first kappa shape index (κ1) is 20.7. The zero-order valence-electron chi connectivity index (χ0n) is 15.4. The molecule has 0 aromatic heterocycles. The number of carbonyl (C=O) groups is 2. The first-order valence-corrected chi connectivity index (χ1v) is 8.94. The van der Waals surface area contributed by atoms with Crippen LogP contribution in [0.1, 0.15) is 43.5 Å². The van der Waals surface area contributed by atoms with E-state index in [1.54, 1.807) is 24.3 Å². The van der Waals surface area contributed by atoms with Crippen LogP contribution in [0.3, 0.4) is 0 Å². The molecule has 0 bridgehead atoms. The van der Waals surface area contributed by atoms with Gasteiger partial charge in [-0.15, -0.1) is 12.4 Å². The van der Waals surface area contributed by atoms with Crippen LogP contribution in [0.4, 0.5) is 5.69 Å². The number of amides is 2. The monoisotopic (exact) mass is 381 g/mol. The smallest absolute Gasteiger partial charge is 0.253 e. The zero-order valence-corrected chi connectivity index (χ0v) is 16.2. The van der Waals surface area contributed by atoms with E-state index in [-0.39, 0.29) is 41.8 Å². The Balaban J connectivity index is 0.00000243. The topological polar surface area (TPSA) is 84.7 Å². The predicted molar refractivity (Wildman–Crippen MR) is 104 cm³/mol. The number of ether oxygens (including phenoxy) is 1. The van der Waals surface area contributed by atoms with Crippen molar-refractivity contribution in [2.45, 2.75) is 45.3 Å². The Morgan fingerprint density at radius 3 is 2.73 bits per heavy atom. The SMILES string of the molecule is CC1(C)CN(C(=O)c2cccc(NC(=O)C3CCCO3)c2)CCC1N.Cl. The number of halogens is 1. The molecule has 2 atom stereocenters. The maximum Gasteiger partial charge on any atom is 0.253 e. The van der Waals surface area contributed by atoms with Gasteiger partial charge in [-0.25, -0.2) is 0 Å². The van der Waals surface area contributed by atoms with Crippen molar-refractivity contribution in [1.82, 2.24) is 4.90 Å². The van der Waals surface area contributed by atoms with Crippen molar-refractivity contribution >= 4 is 29.9 Å². The highest BCUT2D eigenvalue weighted by molar-refractivity contribution is 5.98. The van der Waals surface area contributed by atoms with Crippen LogP contribution in [0.15, 0.2) is 24.3 Å². The molecule has 2 unspecified atom stereocenters. The third kappa shape index (κ3) is 4.55. The number of benzene rings is 1. The molecule has 3 rings (SSSR count). The molecule has 2 fully saturated rings. The Morgan fingerprint density at radius 1 is 1.31 bits per heavy atom. The molecule has 26 heavy (non-hydrogen) atoms. The number of hydrogen-bond donors (Lipinski definition) is 2. The molecule has 7 heteroatoms. The van der Waals surface area contributed by atoms with Gasteiger partial charge in [-0.1, -0.05) is 19.9 Å². The molecule has 6 nitrogen and oxygen atoms in total. The summed E-state index contributed by atoms with van der Waals surface area (Å²) < 4.78 is 5.39. The number of hydrogen-bond acceptors (Lipinski definition) is 4. The maximum atomic E-state index is 12.8. The van der Waals surface area contributed by atoms with Gasteiger partial charge in [0, 0.05) is 37.0 Å².